The molecule has 1 amide bonds. The van der Waals surface area contributed by atoms with Crippen molar-refractivity contribution in [3.63, 3.8) is 0 Å². The minimum Gasteiger partial charge on any atom is -0.354 e. The largest absolute Gasteiger partial charge is 0.354 e. The maximum Gasteiger partial charge on any atom is 0.242 e. The summed E-state index contributed by atoms with van der Waals surface area (Å²) in [6.45, 7) is 0.718. The Morgan fingerprint density at radius 2 is 2.03 bits per heavy atom. The number of aromatic nitrogens is 6. The summed E-state index contributed by atoms with van der Waals surface area (Å²) in [6, 6.07) is 8.03. The first-order valence-corrected chi connectivity index (χ1v) is 10.5. The van der Waals surface area contributed by atoms with E-state index in [-0.39, 0.29) is 14.8 Å². The third kappa shape index (κ3) is 2.97. The maximum absolute atomic E-state index is 12.5. The van der Waals surface area contributed by atoms with E-state index in [2.05, 4.69) is 15.7 Å². The zero-order chi connectivity index (χ0) is 20.1. The molecule has 0 bridgehead atoms. The fourth-order valence-electron chi connectivity index (χ4n) is 4.00. The molecule has 1 aliphatic heterocycles. The number of amides is 1. The lowest BCUT2D eigenvalue weighted by molar-refractivity contribution is -0.121. The van der Waals surface area contributed by atoms with Gasteiger partial charge in [0.15, 0.2) is 11.5 Å². The number of anilines is 1. The number of nitrogens with one attached hydrogen (secondary N) is 2. The van der Waals surface area contributed by atoms with Crippen LogP contribution in [0.2, 0.25) is 0 Å². The highest BCUT2D eigenvalue weighted by molar-refractivity contribution is 5.93. The molecular formula is C21H26N8O. The average Bonchev–Trinajstić information content (AvgIpc) is 3.37. The summed E-state index contributed by atoms with van der Waals surface area (Å²) >= 11 is 0. The van der Waals surface area contributed by atoms with Crippen LogP contribution in [0.1, 0.15) is 41.0 Å². The van der Waals surface area contributed by atoms with E-state index in [0.717, 1.165) is 42.3 Å². The second kappa shape index (κ2) is 6.79. The van der Waals surface area contributed by atoms with Gasteiger partial charge in [-0.15, -0.1) is 5.10 Å². The molecule has 30 heavy (non-hydrogen) atoms. The smallest absolute Gasteiger partial charge is 0.242 e. The molecule has 1 aromatic carbocycles. The second-order valence-electron chi connectivity index (χ2n) is 8.05. The lowest BCUT2D eigenvalue weighted by atomic mass is 10.1. The molecular weight excluding hydrogens is 380 g/mol. The van der Waals surface area contributed by atoms with Crippen LogP contribution in [-0.4, -0.2) is 47.9 Å². The third-order valence-electron chi connectivity index (χ3n) is 5.80. The maximum atomic E-state index is 12.5. The number of benzene rings is 1. The Hall–Kier alpha value is -3.49. The van der Waals surface area contributed by atoms with Gasteiger partial charge in [0.25, 0.3) is 0 Å². The SMILES string of the molecule is O=C1NCCCC[C@H]1Nc1nc2ccccc2c2nc(-c3cnn(C4CC4)c3)nn12.[HH].[HH]. The normalized spacial score (nSPS) is 19.7. The molecule has 0 spiro atoms. The quantitative estimate of drug-likeness (QED) is 0.540. The molecule has 1 aliphatic carbocycles. The van der Waals surface area contributed by atoms with E-state index in [0.29, 0.717) is 23.5 Å². The van der Waals surface area contributed by atoms with Crippen LogP contribution < -0.4 is 10.6 Å². The van der Waals surface area contributed by atoms with Crippen molar-refractivity contribution >= 4 is 28.4 Å². The van der Waals surface area contributed by atoms with Crippen molar-refractivity contribution in [1.29, 1.82) is 0 Å². The van der Waals surface area contributed by atoms with Crippen LogP contribution in [-0.2, 0) is 4.79 Å². The van der Waals surface area contributed by atoms with Crippen LogP contribution in [0, 0.1) is 0 Å². The van der Waals surface area contributed by atoms with E-state index in [4.69, 9.17) is 15.1 Å². The Labute approximate surface area is 175 Å². The van der Waals surface area contributed by atoms with Gasteiger partial charge in [0.05, 0.1) is 23.3 Å². The fourth-order valence-corrected chi connectivity index (χ4v) is 4.00. The molecule has 0 unspecified atom stereocenters. The van der Waals surface area contributed by atoms with E-state index >= 15 is 0 Å². The molecule has 6 rings (SSSR count). The van der Waals surface area contributed by atoms with Gasteiger partial charge in [0, 0.05) is 21.0 Å². The second-order valence-corrected chi connectivity index (χ2v) is 8.05. The number of fused-ring (bicyclic) bond motifs is 3. The van der Waals surface area contributed by atoms with Gasteiger partial charge < -0.3 is 10.6 Å². The molecule has 1 saturated carbocycles. The Kier molecular flexibility index (Phi) is 3.93. The highest BCUT2D eigenvalue weighted by Gasteiger charge is 2.26. The van der Waals surface area contributed by atoms with Crippen LogP contribution in [0.15, 0.2) is 36.7 Å². The van der Waals surface area contributed by atoms with E-state index in [9.17, 15) is 4.79 Å². The predicted molar refractivity (Wildman–Crippen MR) is 116 cm³/mol. The molecule has 9 heteroatoms. The minimum absolute atomic E-state index is 0. The number of carbonyl (C=O) groups is 1. The Morgan fingerprint density at radius 1 is 1.13 bits per heavy atom. The van der Waals surface area contributed by atoms with E-state index < -0.39 is 0 Å². The van der Waals surface area contributed by atoms with Gasteiger partial charge in [0.2, 0.25) is 11.9 Å². The topological polar surface area (TPSA) is 102 Å². The molecule has 2 fully saturated rings. The summed E-state index contributed by atoms with van der Waals surface area (Å²) < 4.78 is 3.71. The van der Waals surface area contributed by atoms with Crippen LogP contribution in [0.4, 0.5) is 5.95 Å². The van der Waals surface area contributed by atoms with Gasteiger partial charge in [-0.05, 0) is 44.2 Å². The van der Waals surface area contributed by atoms with Gasteiger partial charge >= 0.3 is 0 Å². The first-order valence-electron chi connectivity index (χ1n) is 10.5. The van der Waals surface area contributed by atoms with Crippen LogP contribution in [0.3, 0.4) is 0 Å². The Balaban J connectivity index is 0.00000122. The summed E-state index contributed by atoms with van der Waals surface area (Å²) in [6.07, 6.45) is 8.90. The Morgan fingerprint density at radius 3 is 2.93 bits per heavy atom. The molecule has 2 N–H and O–H groups in total. The van der Waals surface area contributed by atoms with Gasteiger partial charge in [-0.3, -0.25) is 9.48 Å². The van der Waals surface area contributed by atoms with Crippen molar-refractivity contribution in [2.75, 3.05) is 11.9 Å². The van der Waals surface area contributed by atoms with Gasteiger partial charge in [0.1, 0.15) is 6.04 Å². The molecule has 0 radical (unpaired) electrons. The fraction of sp³-hybridized carbons (Fsp3) is 0.381. The molecule has 1 atom stereocenters. The monoisotopic (exact) mass is 406 g/mol. The van der Waals surface area contributed by atoms with Crippen molar-refractivity contribution in [3.8, 4) is 11.4 Å². The number of nitrogens with zero attached hydrogens (tertiary/aromatic N) is 6. The van der Waals surface area contributed by atoms with Crippen molar-refractivity contribution in [2.24, 2.45) is 0 Å². The number of hydrogen-bond acceptors (Lipinski definition) is 6. The summed E-state index contributed by atoms with van der Waals surface area (Å²) in [4.78, 5) is 22.0. The highest BCUT2D eigenvalue weighted by atomic mass is 16.2. The van der Waals surface area contributed by atoms with E-state index in [1.807, 2.05) is 41.3 Å². The van der Waals surface area contributed by atoms with Crippen molar-refractivity contribution < 1.29 is 7.65 Å². The lowest BCUT2D eigenvalue weighted by Gasteiger charge is -2.16. The van der Waals surface area contributed by atoms with Crippen LogP contribution >= 0.6 is 0 Å². The summed E-state index contributed by atoms with van der Waals surface area (Å²) in [7, 11) is 0. The zero-order valence-electron chi connectivity index (χ0n) is 16.5. The Bertz CT molecular complexity index is 1270. The van der Waals surface area contributed by atoms with E-state index in [1.54, 1.807) is 4.52 Å². The molecule has 156 valence electrons. The summed E-state index contributed by atoms with van der Waals surface area (Å²) in [5.41, 5.74) is 2.41. The number of hydrogen-bond donors (Lipinski definition) is 2. The molecule has 4 heterocycles. The molecule has 2 aliphatic rings. The number of carbonyl (C=O) groups excluding carboxylic acids is 1. The summed E-state index contributed by atoms with van der Waals surface area (Å²) in [5, 5.41) is 16.4. The predicted octanol–water partition coefficient (Wildman–Crippen LogP) is 3.05. The minimum atomic E-state index is -0.338. The van der Waals surface area contributed by atoms with Crippen LogP contribution in [0.25, 0.3) is 27.9 Å². The standard InChI is InChI=1S/C21H22N8O.2H2/c30-20-17(7-3-4-10-22-20)25-21-24-16-6-2-1-5-15(16)19-26-18(27-29(19)21)13-11-23-28(12-13)14-8-9-14;;/h1-2,5-6,11-12,14,17H,3-4,7-10H2,(H,22,30)(H,24,25);2*1H/t17-;;/m1../s1. The molecule has 3 aromatic heterocycles. The van der Waals surface area contributed by atoms with Crippen molar-refractivity contribution in [2.45, 2.75) is 44.2 Å². The molecule has 1 saturated heterocycles. The number of para-hydroxylation sites is 1. The highest BCUT2D eigenvalue weighted by Crippen LogP contribution is 2.35. The molecule has 9 nitrogen and oxygen atoms in total. The van der Waals surface area contributed by atoms with Gasteiger partial charge in [-0.25, -0.2) is 9.97 Å². The summed E-state index contributed by atoms with van der Waals surface area (Å²) in [5.74, 6) is 1.13. The van der Waals surface area contributed by atoms with Crippen LogP contribution in [0.5, 0.6) is 0 Å². The third-order valence-corrected chi connectivity index (χ3v) is 5.80. The first kappa shape index (κ1) is 17.4. The van der Waals surface area contributed by atoms with Gasteiger partial charge in [-0.2, -0.15) is 9.61 Å². The number of rotatable bonds is 4. The zero-order valence-corrected chi connectivity index (χ0v) is 16.5. The van der Waals surface area contributed by atoms with Gasteiger partial charge in [-0.1, -0.05) is 12.1 Å². The average molecular weight is 406 g/mol. The first-order chi connectivity index (χ1) is 14.8. The molecule has 4 aromatic rings. The van der Waals surface area contributed by atoms with Crippen molar-refractivity contribution in [3.05, 3.63) is 36.7 Å². The van der Waals surface area contributed by atoms with E-state index in [1.165, 1.54) is 12.8 Å². The van der Waals surface area contributed by atoms with Crippen molar-refractivity contribution in [1.82, 2.24) is 34.7 Å². The lowest BCUT2D eigenvalue weighted by Crippen LogP contribution is -2.38.